The first-order valence-corrected chi connectivity index (χ1v) is 7.66. The maximum atomic E-state index is 13.6. The van der Waals surface area contributed by atoms with Crippen LogP contribution in [0.2, 0.25) is 0 Å². The van der Waals surface area contributed by atoms with Gasteiger partial charge in [-0.05, 0) is 24.3 Å². The van der Waals surface area contributed by atoms with Crippen molar-refractivity contribution in [1.82, 2.24) is 9.97 Å². The van der Waals surface area contributed by atoms with Crippen molar-refractivity contribution in [3.63, 3.8) is 0 Å². The first kappa shape index (κ1) is 18.3. The van der Waals surface area contributed by atoms with E-state index in [2.05, 4.69) is 20.6 Å². The summed E-state index contributed by atoms with van der Waals surface area (Å²) in [6.45, 7) is 0. The average Bonchev–Trinajstić information content (AvgIpc) is 2.63. The van der Waals surface area contributed by atoms with E-state index in [1.54, 1.807) is 6.07 Å². The molecule has 1 amide bonds. The van der Waals surface area contributed by atoms with Gasteiger partial charge >= 0.3 is 6.18 Å². The summed E-state index contributed by atoms with van der Waals surface area (Å²) in [5.41, 5.74) is -1.27. The van der Waals surface area contributed by atoms with E-state index in [1.807, 2.05) is 0 Å². The van der Waals surface area contributed by atoms with Crippen molar-refractivity contribution in [1.29, 1.82) is 0 Å². The minimum Gasteiger partial charge on any atom is -0.340 e. The molecule has 0 aliphatic heterocycles. The number of amides is 1. The highest BCUT2D eigenvalue weighted by Gasteiger charge is 2.33. The van der Waals surface area contributed by atoms with Crippen LogP contribution in [0.15, 0.2) is 60.9 Å². The van der Waals surface area contributed by atoms with Crippen LogP contribution in [0.4, 0.5) is 34.8 Å². The SMILES string of the molecule is O=C(Nc1ccccc1F)c1cc(Nc2ccccc2C(F)(F)F)ncn1. The Morgan fingerprint density at radius 2 is 1.59 bits per heavy atom. The van der Waals surface area contributed by atoms with Crippen molar-refractivity contribution >= 4 is 23.1 Å². The molecule has 0 saturated heterocycles. The van der Waals surface area contributed by atoms with Gasteiger partial charge in [-0.2, -0.15) is 13.2 Å². The van der Waals surface area contributed by atoms with E-state index >= 15 is 0 Å². The molecule has 5 nitrogen and oxygen atoms in total. The second-order valence-corrected chi connectivity index (χ2v) is 5.39. The Balaban J connectivity index is 1.83. The summed E-state index contributed by atoms with van der Waals surface area (Å²) in [5.74, 6) is -1.37. The Hall–Kier alpha value is -3.49. The van der Waals surface area contributed by atoms with Crippen LogP contribution in [-0.4, -0.2) is 15.9 Å². The number of hydrogen-bond donors (Lipinski definition) is 2. The first-order chi connectivity index (χ1) is 12.8. The number of anilines is 3. The van der Waals surface area contributed by atoms with Crippen LogP contribution in [0.3, 0.4) is 0 Å². The molecule has 0 aliphatic rings. The molecule has 0 aliphatic carbocycles. The lowest BCUT2D eigenvalue weighted by Gasteiger charge is -2.14. The number of aromatic nitrogens is 2. The molecule has 2 N–H and O–H groups in total. The fourth-order valence-corrected chi connectivity index (χ4v) is 2.28. The Bertz CT molecular complexity index is 975. The van der Waals surface area contributed by atoms with Crippen LogP contribution >= 0.6 is 0 Å². The number of hydrogen-bond acceptors (Lipinski definition) is 4. The zero-order valence-corrected chi connectivity index (χ0v) is 13.6. The maximum absolute atomic E-state index is 13.6. The van der Waals surface area contributed by atoms with Gasteiger partial charge in [-0.25, -0.2) is 14.4 Å². The fraction of sp³-hybridized carbons (Fsp3) is 0.0556. The lowest BCUT2D eigenvalue weighted by Crippen LogP contribution is -2.15. The highest BCUT2D eigenvalue weighted by atomic mass is 19.4. The van der Waals surface area contributed by atoms with Gasteiger partial charge in [-0.1, -0.05) is 24.3 Å². The molecule has 1 heterocycles. The van der Waals surface area contributed by atoms with E-state index in [9.17, 15) is 22.4 Å². The van der Waals surface area contributed by atoms with Gasteiger partial charge in [0.1, 0.15) is 23.7 Å². The summed E-state index contributed by atoms with van der Waals surface area (Å²) in [5, 5.41) is 4.87. The summed E-state index contributed by atoms with van der Waals surface area (Å²) in [4.78, 5) is 19.8. The minimum absolute atomic E-state index is 0.0135. The van der Waals surface area contributed by atoms with Gasteiger partial charge in [0.05, 0.1) is 16.9 Å². The molecule has 27 heavy (non-hydrogen) atoms. The Morgan fingerprint density at radius 1 is 0.926 bits per heavy atom. The number of carbonyl (C=O) groups is 1. The van der Waals surface area contributed by atoms with Crippen molar-refractivity contribution in [2.24, 2.45) is 0 Å². The van der Waals surface area contributed by atoms with Gasteiger partial charge in [0.25, 0.3) is 5.91 Å². The quantitative estimate of drug-likeness (QED) is 0.652. The molecule has 3 rings (SSSR count). The number of benzene rings is 2. The molecular formula is C18H12F4N4O. The summed E-state index contributed by atoms with van der Waals surface area (Å²) in [6, 6.07) is 11.6. The lowest BCUT2D eigenvalue weighted by molar-refractivity contribution is -0.136. The number of rotatable bonds is 4. The number of carbonyl (C=O) groups excluding carboxylic acids is 1. The second kappa shape index (κ2) is 7.40. The molecular weight excluding hydrogens is 364 g/mol. The van der Waals surface area contributed by atoms with Gasteiger partial charge in [-0.15, -0.1) is 0 Å². The Morgan fingerprint density at radius 3 is 2.30 bits per heavy atom. The predicted molar refractivity (Wildman–Crippen MR) is 91.1 cm³/mol. The van der Waals surface area contributed by atoms with E-state index in [-0.39, 0.29) is 22.9 Å². The van der Waals surface area contributed by atoms with Crippen LogP contribution in [0, 0.1) is 5.82 Å². The zero-order valence-electron chi connectivity index (χ0n) is 13.6. The van der Waals surface area contributed by atoms with Gasteiger partial charge < -0.3 is 10.6 Å². The van der Waals surface area contributed by atoms with Gasteiger partial charge in [0, 0.05) is 6.07 Å². The molecule has 0 radical (unpaired) electrons. The molecule has 1 aromatic heterocycles. The minimum atomic E-state index is -4.55. The van der Waals surface area contributed by atoms with E-state index in [1.165, 1.54) is 42.5 Å². The largest absolute Gasteiger partial charge is 0.418 e. The molecule has 0 bridgehead atoms. The molecule has 138 valence electrons. The highest BCUT2D eigenvalue weighted by Crippen LogP contribution is 2.35. The molecule has 3 aromatic rings. The highest BCUT2D eigenvalue weighted by molar-refractivity contribution is 6.03. The summed E-state index contributed by atoms with van der Waals surface area (Å²) >= 11 is 0. The van der Waals surface area contributed by atoms with Crippen molar-refractivity contribution in [3.05, 3.63) is 78.0 Å². The molecule has 0 spiro atoms. The van der Waals surface area contributed by atoms with Crippen molar-refractivity contribution in [2.75, 3.05) is 10.6 Å². The van der Waals surface area contributed by atoms with E-state index in [0.29, 0.717) is 0 Å². The van der Waals surface area contributed by atoms with Crippen molar-refractivity contribution < 1.29 is 22.4 Å². The number of nitrogens with zero attached hydrogens (tertiary/aromatic N) is 2. The number of para-hydroxylation sites is 2. The normalized spacial score (nSPS) is 11.1. The van der Waals surface area contributed by atoms with Crippen LogP contribution in [0.1, 0.15) is 16.1 Å². The van der Waals surface area contributed by atoms with Gasteiger partial charge in [0.15, 0.2) is 0 Å². The smallest absolute Gasteiger partial charge is 0.340 e. The van der Waals surface area contributed by atoms with E-state index in [0.717, 1.165) is 12.4 Å². The third-order valence-corrected chi connectivity index (χ3v) is 3.52. The molecule has 0 unspecified atom stereocenters. The van der Waals surface area contributed by atoms with Gasteiger partial charge in [-0.3, -0.25) is 4.79 Å². The summed E-state index contributed by atoms with van der Waals surface area (Å²) < 4.78 is 52.8. The van der Waals surface area contributed by atoms with Gasteiger partial charge in [0.2, 0.25) is 0 Å². The topological polar surface area (TPSA) is 66.9 Å². The number of alkyl halides is 3. The van der Waals surface area contributed by atoms with Crippen LogP contribution in [0.5, 0.6) is 0 Å². The van der Waals surface area contributed by atoms with E-state index in [4.69, 9.17) is 0 Å². The van der Waals surface area contributed by atoms with Crippen molar-refractivity contribution in [2.45, 2.75) is 6.18 Å². The zero-order chi connectivity index (χ0) is 19.4. The average molecular weight is 376 g/mol. The maximum Gasteiger partial charge on any atom is 0.418 e. The molecule has 0 saturated carbocycles. The molecule has 2 aromatic carbocycles. The van der Waals surface area contributed by atoms with E-state index < -0.39 is 23.5 Å². The third-order valence-electron chi connectivity index (χ3n) is 3.52. The summed E-state index contributed by atoms with van der Waals surface area (Å²) in [6.07, 6.45) is -3.53. The van der Waals surface area contributed by atoms with Crippen molar-refractivity contribution in [3.8, 4) is 0 Å². The lowest BCUT2D eigenvalue weighted by atomic mass is 10.1. The monoisotopic (exact) mass is 376 g/mol. The van der Waals surface area contributed by atoms with Crippen LogP contribution < -0.4 is 10.6 Å². The second-order valence-electron chi connectivity index (χ2n) is 5.39. The number of nitrogens with one attached hydrogen (secondary N) is 2. The Kier molecular flexibility index (Phi) is 5.02. The molecule has 0 fully saturated rings. The molecule has 0 atom stereocenters. The standard InChI is InChI=1S/C18H12F4N4O/c19-12-6-2-4-8-14(12)26-17(27)15-9-16(24-10-23-15)25-13-7-3-1-5-11(13)18(20,21)22/h1-10H,(H,26,27)(H,23,24,25). The first-order valence-electron chi connectivity index (χ1n) is 7.66. The fourth-order valence-electron chi connectivity index (χ4n) is 2.28. The number of halogens is 4. The predicted octanol–water partition coefficient (Wildman–Crippen LogP) is 4.63. The van der Waals surface area contributed by atoms with Crippen LogP contribution in [-0.2, 0) is 6.18 Å². The third kappa shape index (κ3) is 4.38. The Labute approximate surface area is 151 Å². The summed E-state index contributed by atoms with van der Waals surface area (Å²) in [7, 11) is 0. The van der Waals surface area contributed by atoms with Crippen LogP contribution in [0.25, 0.3) is 0 Å². The molecule has 9 heteroatoms.